The number of aliphatic carboxylic acids is 1. The molecule has 0 radical (unpaired) electrons. The first-order chi connectivity index (χ1) is 6.61. The molecule has 2 fully saturated rings. The minimum Gasteiger partial charge on any atom is -0.480 e. The molecule has 0 bridgehead atoms. The molecule has 14 heavy (non-hydrogen) atoms. The largest absolute Gasteiger partial charge is 0.480 e. The molecule has 0 aromatic heterocycles. The number of hydrogen-bond donors (Lipinski definition) is 1. The van der Waals surface area contributed by atoms with Gasteiger partial charge in [0.1, 0.15) is 6.04 Å². The lowest BCUT2D eigenvalue weighted by Gasteiger charge is -2.24. The van der Waals surface area contributed by atoms with Crippen molar-refractivity contribution < 1.29 is 19.4 Å². The third-order valence-electron chi connectivity index (χ3n) is 2.97. The standard InChI is InChI=1S/C9H13NO4/c1-5(11)10-6-2-3-14-8(6)4-7(10)9(12)13/h6-8H,2-4H2,1H3,(H,12,13). The molecule has 78 valence electrons. The minimum absolute atomic E-state index is 0.0198. The lowest BCUT2D eigenvalue weighted by Crippen LogP contribution is -2.44. The summed E-state index contributed by atoms with van der Waals surface area (Å²) in [5, 5.41) is 8.94. The number of likely N-dealkylation sites (tertiary alicyclic amines) is 1. The first kappa shape index (κ1) is 9.45. The first-order valence-electron chi connectivity index (χ1n) is 4.74. The Labute approximate surface area is 81.6 Å². The molecule has 0 aromatic rings. The molecule has 2 rings (SSSR count). The van der Waals surface area contributed by atoms with Crippen LogP contribution in [0.1, 0.15) is 19.8 Å². The Kier molecular flexibility index (Phi) is 2.19. The highest BCUT2D eigenvalue weighted by atomic mass is 16.5. The fraction of sp³-hybridized carbons (Fsp3) is 0.778. The molecule has 2 aliphatic rings. The normalized spacial score (nSPS) is 35.8. The fourth-order valence-corrected chi connectivity index (χ4v) is 2.42. The summed E-state index contributed by atoms with van der Waals surface area (Å²) in [5.41, 5.74) is 0. The zero-order valence-corrected chi connectivity index (χ0v) is 7.97. The van der Waals surface area contributed by atoms with Gasteiger partial charge >= 0.3 is 5.97 Å². The van der Waals surface area contributed by atoms with E-state index in [1.807, 2.05) is 0 Å². The summed E-state index contributed by atoms with van der Waals surface area (Å²) >= 11 is 0. The van der Waals surface area contributed by atoms with Gasteiger partial charge in [-0.2, -0.15) is 0 Å². The molecule has 2 saturated heterocycles. The number of amides is 1. The van der Waals surface area contributed by atoms with Gasteiger partial charge in [0.2, 0.25) is 5.91 Å². The van der Waals surface area contributed by atoms with Crippen LogP contribution in [0.2, 0.25) is 0 Å². The monoisotopic (exact) mass is 199 g/mol. The molecule has 0 aliphatic carbocycles. The molecule has 1 N–H and O–H groups in total. The van der Waals surface area contributed by atoms with Crippen LogP contribution in [0, 0.1) is 0 Å². The summed E-state index contributed by atoms with van der Waals surface area (Å²) in [6.07, 6.45) is 1.12. The average molecular weight is 199 g/mol. The maximum Gasteiger partial charge on any atom is 0.326 e. The maximum absolute atomic E-state index is 11.3. The van der Waals surface area contributed by atoms with E-state index in [1.165, 1.54) is 11.8 Å². The van der Waals surface area contributed by atoms with Crippen molar-refractivity contribution in [3.8, 4) is 0 Å². The predicted octanol–water partition coefficient (Wildman–Crippen LogP) is -0.151. The number of carboxylic acids is 1. The number of fused-ring (bicyclic) bond motifs is 1. The second-order valence-corrected chi connectivity index (χ2v) is 3.78. The second-order valence-electron chi connectivity index (χ2n) is 3.78. The van der Waals surface area contributed by atoms with E-state index in [0.29, 0.717) is 13.0 Å². The van der Waals surface area contributed by atoms with Gasteiger partial charge in [-0.3, -0.25) is 4.79 Å². The molecule has 0 spiro atoms. The highest BCUT2D eigenvalue weighted by molar-refractivity contribution is 5.83. The molecule has 5 heteroatoms. The molecule has 0 saturated carbocycles. The summed E-state index contributed by atoms with van der Waals surface area (Å²) in [5.74, 6) is -1.10. The van der Waals surface area contributed by atoms with Crippen LogP contribution in [0.4, 0.5) is 0 Å². The lowest BCUT2D eigenvalue weighted by atomic mass is 10.1. The topological polar surface area (TPSA) is 66.8 Å². The number of nitrogens with zero attached hydrogens (tertiary/aromatic N) is 1. The number of ether oxygens (including phenoxy) is 1. The Morgan fingerprint density at radius 2 is 2.21 bits per heavy atom. The van der Waals surface area contributed by atoms with Gasteiger partial charge in [-0.25, -0.2) is 4.79 Å². The van der Waals surface area contributed by atoms with E-state index >= 15 is 0 Å². The van der Waals surface area contributed by atoms with Crippen LogP contribution in [0.25, 0.3) is 0 Å². The van der Waals surface area contributed by atoms with Crippen LogP contribution < -0.4 is 0 Å². The summed E-state index contributed by atoms with van der Waals surface area (Å²) in [6.45, 7) is 2.04. The Morgan fingerprint density at radius 3 is 2.79 bits per heavy atom. The Hall–Kier alpha value is -1.10. The van der Waals surface area contributed by atoms with E-state index in [4.69, 9.17) is 9.84 Å². The van der Waals surface area contributed by atoms with Crippen LogP contribution >= 0.6 is 0 Å². The van der Waals surface area contributed by atoms with E-state index in [1.54, 1.807) is 0 Å². The van der Waals surface area contributed by atoms with Crippen molar-refractivity contribution in [1.29, 1.82) is 0 Å². The van der Waals surface area contributed by atoms with Crippen molar-refractivity contribution in [2.75, 3.05) is 6.61 Å². The third kappa shape index (κ3) is 1.28. The number of carboxylic acid groups (broad SMARTS) is 1. The smallest absolute Gasteiger partial charge is 0.326 e. The Balaban J connectivity index is 2.21. The fourth-order valence-electron chi connectivity index (χ4n) is 2.42. The van der Waals surface area contributed by atoms with Crippen molar-refractivity contribution in [3.05, 3.63) is 0 Å². The summed E-state index contributed by atoms with van der Waals surface area (Å²) in [6, 6.07) is -0.712. The van der Waals surface area contributed by atoms with Crippen molar-refractivity contribution in [1.82, 2.24) is 4.90 Å². The highest BCUT2D eigenvalue weighted by Crippen LogP contribution is 2.33. The molecule has 1 amide bonds. The van der Waals surface area contributed by atoms with Crippen molar-refractivity contribution in [2.45, 2.75) is 38.0 Å². The lowest BCUT2D eigenvalue weighted by molar-refractivity contribution is -0.148. The number of hydrogen-bond acceptors (Lipinski definition) is 3. The summed E-state index contributed by atoms with van der Waals surface area (Å²) in [7, 11) is 0. The quantitative estimate of drug-likeness (QED) is 0.637. The average Bonchev–Trinajstić information content (AvgIpc) is 2.58. The molecule has 2 aliphatic heterocycles. The molecule has 0 aromatic carbocycles. The van der Waals surface area contributed by atoms with Gasteiger partial charge in [0, 0.05) is 20.0 Å². The second kappa shape index (κ2) is 3.24. The molecule has 3 unspecified atom stereocenters. The maximum atomic E-state index is 11.3. The van der Waals surface area contributed by atoms with E-state index in [2.05, 4.69) is 0 Å². The van der Waals surface area contributed by atoms with Gasteiger partial charge in [0.15, 0.2) is 0 Å². The molecule has 3 atom stereocenters. The van der Waals surface area contributed by atoms with E-state index in [-0.39, 0.29) is 18.1 Å². The van der Waals surface area contributed by atoms with Gasteiger partial charge in [-0.05, 0) is 6.42 Å². The van der Waals surface area contributed by atoms with E-state index in [9.17, 15) is 9.59 Å². The predicted molar refractivity (Wildman–Crippen MR) is 46.7 cm³/mol. The highest BCUT2D eigenvalue weighted by Gasteiger charge is 2.48. The third-order valence-corrected chi connectivity index (χ3v) is 2.97. The number of carbonyl (C=O) groups excluding carboxylic acids is 1. The zero-order chi connectivity index (χ0) is 10.3. The zero-order valence-electron chi connectivity index (χ0n) is 7.97. The number of carbonyl (C=O) groups is 2. The van der Waals surface area contributed by atoms with Crippen LogP contribution in [-0.2, 0) is 14.3 Å². The Morgan fingerprint density at radius 1 is 1.50 bits per heavy atom. The van der Waals surface area contributed by atoms with Crippen LogP contribution in [0.15, 0.2) is 0 Å². The van der Waals surface area contributed by atoms with Crippen molar-refractivity contribution in [2.24, 2.45) is 0 Å². The van der Waals surface area contributed by atoms with Crippen LogP contribution in [-0.4, -0.2) is 46.7 Å². The van der Waals surface area contributed by atoms with E-state index in [0.717, 1.165) is 6.42 Å². The van der Waals surface area contributed by atoms with Gasteiger partial charge in [0.05, 0.1) is 12.1 Å². The van der Waals surface area contributed by atoms with Gasteiger partial charge in [-0.1, -0.05) is 0 Å². The molecule has 2 heterocycles. The van der Waals surface area contributed by atoms with Crippen molar-refractivity contribution in [3.63, 3.8) is 0 Å². The SMILES string of the molecule is CC(=O)N1C(C(=O)O)CC2OCCC21. The van der Waals surface area contributed by atoms with Crippen molar-refractivity contribution >= 4 is 11.9 Å². The Bertz CT molecular complexity index is 278. The minimum atomic E-state index is -0.932. The van der Waals surface area contributed by atoms with Crippen LogP contribution in [0.3, 0.4) is 0 Å². The van der Waals surface area contributed by atoms with Crippen LogP contribution in [0.5, 0.6) is 0 Å². The van der Waals surface area contributed by atoms with Gasteiger partial charge < -0.3 is 14.7 Å². The van der Waals surface area contributed by atoms with E-state index < -0.39 is 12.0 Å². The summed E-state index contributed by atoms with van der Waals surface area (Å²) in [4.78, 5) is 23.7. The van der Waals surface area contributed by atoms with Gasteiger partial charge in [-0.15, -0.1) is 0 Å². The van der Waals surface area contributed by atoms with Gasteiger partial charge in [0.25, 0.3) is 0 Å². The molecule has 5 nitrogen and oxygen atoms in total. The molecular formula is C9H13NO4. The summed E-state index contributed by atoms with van der Waals surface area (Å²) < 4.78 is 5.38. The first-order valence-corrected chi connectivity index (χ1v) is 4.74. The molecular weight excluding hydrogens is 186 g/mol. The number of rotatable bonds is 1.